The maximum Gasteiger partial charge on any atom is 0.270 e. The molecule has 0 aliphatic rings. The molecule has 0 aliphatic heterocycles. The van der Waals surface area contributed by atoms with E-state index in [0.717, 1.165) is 17.2 Å². The number of nitro groups is 1. The van der Waals surface area contributed by atoms with E-state index in [4.69, 9.17) is 0 Å². The van der Waals surface area contributed by atoms with Gasteiger partial charge in [0, 0.05) is 17.8 Å². The van der Waals surface area contributed by atoms with Crippen LogP contribution in [0.2, 0.25) is 0 Å². The molecule has 9 nitrogen and oxygen atoms in total. The predicted octanol–water partition coefficient (Wildman–Crippen LogP) is 4.12. The van der Waals surface area contributed by atoms with Gasteiger partial charge in [-0.2, -0.15) is 0 Å². The van der Waals surface area contributed by atoms with Gasteiger partial charge in [0.2, 0.25) is 0 Å². The Bertz CT molecular complexity index is 1400. The molecule has 168 valence electrons. The molecule has 0 fully saturated rings. The van der Waals surface area contributed by atoms with E-state index >= 15 is 0 Å². The zero-order valence-corrected chi connectivity index (χ0v) is 19.1. The summed E-state index contributed by atoms with van der Waals surface area (Å²) in [6, 6.07) is 14.1. The number of sulfonamides is 2. The molecule has 0 aromatic heterocycles. The number of nitrogens with zero attached hydrogens (tertiary/aromatic N) is 1. The smallest absolute Gasteiger partial charge is 0.270 e. The highest BCUT2D eigenvalue weighted by molar-refractivity contribution is 7.93. The fourth-order valence-corrected chi connectivity index (χ4v) is 5.40. The summed E-state index contributed by atoms with van der Waals surface area (Å²) in [6.07, 6.45) is 0. The van der Waals surface area contributed by atoms with Crippen LogP contribution in [0.3, 0.4) is 0 Å². The minimum Gasteiger partial charge on any atom is -0.280 e. The van der Waals surface area contributed by atoms with Crippen molar-refractivity contribution in [2.45, 2.75) is 30.6 Å². The standard InChI is InChI=1S/C21H21N3O6S2/c1-14-4-5-15(2)20(12-14)23-31(27,28)19-10-7-17(8-11-19)22-32(29,30)21-13-18(24(25)26)9-6-16(21)3/h4-13,22-23H,1-3H3. The molecule has 0 saturated carbocycles. The van der Waals surface area contributed by atoms with Crippen molar-refractivity contribution in [3.05, 3.63) is 87.5 Å². The molecule has 0 radical (unpaired) electrons. The zero-order valence-electron chi connectivity index (χ0n) is 17.5. The average molecular weight is 476 g/mol. The molecule has 3 rings (SSSR count). The Morgan fingerprint density at radius 3 is 2.00 bits per heavy atom. The van der Waals surface area contributed by atoms with Crippen LogP contribution in [0.1, 0.15) is 16.7 Å². The fraction of sp³-hybridized carbons (Fsp3) is 0.143. The van der Waals surface area contributed by atoms with E-state index in [2.05, 4.69) is 9.44 Å². The van der Waals surface area contributed by atoms with Crippen molar-refractivity contribution in [3.63, 3.8) is 0 Å². The van der Waals surface area contributed by atoms with Gasteiger partial charge >= 0.3 is 0 Å². The van der Waals surface area contributed by atoms with Crippen molar-refractivity contribution in [2.24, 2.45) is 0 Å². The number of nitro benzene ring substituents is 1. The zero-order chi connectivity index (χ0) is 23.7. The first kappa shape index (κ1) is 23.2. The van der Waals surface area contributed by atoms with Crippen LogP contribution in [-0.4, -0.2) is 21.8 Å². The van der Waals surface area contributed by atoms with Crippen LogP contribution >= 0.6 is 0 Å². The van der Waals surface area contributed by atoms with Gasteiger partial charge in [-0.1, -0.05) is 18.2 Å². The molecule has 3 aromatic rings. The van der Waals surface area contributed by atoms with Crippen LogP contribution < -0.4 is 9.44 Å². The second-order valence-corrected chi connectivity index (χ2v) is 10.6. The number of aryl methyl sites for hydroxylation is 3. The number of nitrogens with one attached hydrogen (secondary N) is 2. The van der Waals surface area contributed by atoms with Gasteiger partial charge in [-0.25, -0.2) is 16.8 Å². The third kappa shape index (κ3) is 5.06. The van der Waals surface area contributed by atoms with Gasteiger partial charge in [-0.05, 0) is 67.8 Å². The molecule has 0 saturated heterocycles. The Morgan fingerprint density at radius 1 is 0.750 bits per heavy atom. The van der Waals surface area contributed by atoms with E-state index in [0.29, 0.717) is 11.3 Å². The van der Waals surface area contributed by atoms with Crippen molar-refractivity contribution in [1.29, 1.82) is 0 Å². The summed E-state index contributed by atoms with van der Waals surface area (Å²) in [6.45, 7) is 5.15. The second kappa shape index (κ2) is 8.60. The predicted molar refractivity (Wildman–Crippen MR) is 122 cm³/mol. The van der Waals surface area contributed by atoms with Crippen LogP contribution in [0.25, 0.3) is 0 Å². The monoisotopic (exact) mass is 475 g/mol. The highest BCUT2D eigenvalue weighted by atomic mass is 32.2. The molecule has 0 bridgehead atoms. The lowest BCUT2D eigenvalue weighted by atomic mass is 10.1. The Labute approximate surface area is 186 Å². The summed E-state index contributed by atoms with van der Waals surface area (Å²) in [4.78, 5) is 10.0. The molecular formula is C21H21N3O6S2. The first-order chi connectivity index (χ1) is 14.9. The van der Waals surface area contributed by atoms with Gasteiger partial charge in [0.25, 0.3) is 25.7 Å². The maximum atomic E-state index is 12.7. The highest BCUT2D eigenvalue weighted by Gasteiger charge is 2.21. The van der Waals surface area contributed by atoms with Gasteiger partial charge in [-0.3, -0.25) is 19.6 Å². The number of hydrogen-bond donors (Lipinski definition) is 2. The third-order valence-electron chi connectivity index (χ3n) is 4.73. The van der Waals surface area contributed by atoms with E-state index in [-0.39, 0.29) is 21.2 Å². The molecule has 2 N–H and O–H groups in total. The van der Waals surface area contributed by atoms with Crippen molar-refractivity contribution < 1.29 is 21.8 Å². The third-order valence-corrected chi connectivity index (χ3v) is 7.63. The number of non-ortho nitro benzene ring substituents is 1. The van der Waals surface area contributed by atoms with Crippen LogP contribution in [0, 0.1) is 30.9 Å². The van der Waals surface area contributed by atoms with Crippen molar-refractivity contribution in [1.82, 2.24) is 0 Å². The van der Waals surface area contributed by atoms with Crippen molar-refractivity contribution in [3.8, 4) is 0 Å². The Hall–Kier alpha value is -3.44. The van der Waals surface area contributed by atoms with Gasteiger partial charge in [0.15, 0.2) is 0 Å². The van der Waals surface area contributed by atoms with Crippen LogP contribution in [0.15, 0.2) is 70.5 Å². The molecule has 0 unspecified atom stereocenters. The molecular weight excluding hydrogens is 454 g/mol. The van der Waals surface area contributed by atoms with E-state index in [1.165, 1.54) is 43.3 Å². The van der Waals surface area contributed by atoms with E-state index in [1.807, 2.05) is 13.0 Å². The molecule has 32 heavy (non-hydrogen) atoms. The van der Waals surface area contributed by atoms with Crippen molar-refractivity contribution >= 4 is 37.1 Å². The summed E-state index contributed by atoms with van der Waals surface area (Å²) in [7, 11) is -8.02. The van der Waals surface area contributed by atoms with E-state index < -0.39 is 25.0 Å². The Morgan fingerprint density at radius 2 is 1.38 bits per heavy atom. The molecule has 0 spiro atoms. The molecule has 11 heteroatoms. The van der Waals surface area contributed by atoms with Gasteiger partial charge in [-0.15, -0.1) is 0 Å². The normalized spacial score (nSPS) is 11.7. The second-order valence-electron chi connectivity index (χ2n) is 7.26. The SMILES string of the molecule is Cc1ccc(C)c(NS(=O)(=O)c2ccc(NS(=O)(=O)c3cc([N+](=O)[O-])ccc3C)cc2)c1. The summed E-state index contributed by atoms with van der Waals surface area (Å²) < 4.78 is 55.7. The first-order valence-electron chi connectivity index (χ1n) is 9.37. The van der Waals surface area contributed by atoms with Gasteiger partial charge in [0.05, 0.1) is 20.4 Å². The van der Waals surface area contributed by atoms with Crippen molar-refractivity contribution in [2.75, 3.05) is 9.44 Å². The van der Waals surface area contributed by atoms with Gasteiger partial charge < -0.3 is 0 Å². The molecule has 3 aromatic carbocycles. The summed E-state index contributed by atoms with van der Waals surface area (Å²) in [5, 5.41) is 11.0. The molecule has 0 heterocycles. The average Bonchev–Trinajstić information content (AvgIpc) is 2.70. The largest absolute Gasteiger partial charge is 0.280 e. The summed E-state index contributed by atoms with van der Waals surface area (Å²) in [5.74, 6) is 0. The molecule has 0 aliphatic carbocycles. The topological polar surface area (TPSA) is 135 Å². The quantitative estimate of drug-likeness (QED) is 0.390. The number of anilines is 2. The lowest BCUT2D eigenvalue weighted by molar-refractivity contribution is -0.385. The number of hydrogen-bond acceptors (Lipinski definition) is 6. The summed E-state index contributed by atoms with van der Waals surface area (Å²) in [5.41, 5.74) is 2.21. The van der Waals surface area contributed by atoms with Crippen LogP contribution in [-0.2, 0) is 20.0 Å². The Balaban J connectivity index is 1.85. The highest BCUT2D eigenvalue weighted by Crippen LogP contribution is 2.26. The van der Waals surface area contributed by atoms with E-state index in [9.17, 15) is 26.9 Å². The first-order valence-corrected chi connectivity index (χ1v) is 12.3. The minimum absolute atomic E-state index is 0.0483. The number of rotatable bonds is 7. The lowest BCUT2D eigenvalue weighted by Gasteiger charge is -2.13. The number of benzene rings is 3. The summed E-state index contributed by atoms with van der Waals surface area (Å²) >= 11 is 0. The van der Waals surface area contributed by atoms with Gasteiger partial charge in [0.1, 0.15) is 0 Å². The van der Waals surface area contributed by atoms with Crippen LogP contribution in [0.4, 0.5) is 17.1 Å². The molecule has 0 amide bonds. The fourth-order valence-electron chi connectivity index (χ4n) is 2.95. The maximum absolute atomic E-state index is 12.7. The molecule has 0 atom stereocenters. The Kier molecular flexibility index (Phi) is 6.24. The lowest BCUT2D eigenvalue weighted by Crippen LogP contribution is -2.16. The minimum atomic E-state index is -4.13. The van der Waals surface area contributed by atoms with Crippen LogP contribution in [0.5, 0.6) is 0 Å². The van der Waals surface area contributed by atoms with E-state index in [1.54, 1.807) is 19.1 Å².